The van der Waals surface area contributed by atoms with Crippen molar-refractivity contribution in [3.05, 3.63) is 120 Å². The van der Waals surface area contributed by atoms with Gasteiger partial charge in [-0.15, -0.1) is 0 Å². The van der Waals surface area contributed by atoms with Crippen molar-refractivity contribution in [2.24, 2.45) is 5.92 Å². The predicted molar refractivity (Wildman–Crippen MR) is 178 cm³/mol. The first-order valence-electron chi connectivity index (χ1n) is 16.2. The highest BCUT2D eigenvalue weighted by atomic mass is 16.7. The second-order valence-corrected chi connectivity index (χ2v) is 12.8. The summed E-state index contributed by atoms with van der Waals surface area (Å²) in [6, 6.07) is 34.9. The molecule has 0 saturated heterocycles. The van der Waals surface area contributed by atoms with Gasteiger partial charge in [-0.2, -0.15) is 0 Å². The van der Waals surface area contributed by atoms with E-state index in [0.717, 1.165) is 23.4 Å². The van der Waals surface area contributed by atoms with Gasteiger partial charge in [-0.25, -0.2) is 0 Å². The van der Waals surface area contributed by atoms with Crippen LogP contribution in [0.3, 0.4) is 0 Å². The minimum absolute atomic E-state index is 0.206. The number of ether oxygens (including phenoxy) is 2. The van der Waals surface area contributed by atoms with Gasteiger partial charge >= 0.3 is 0 Å². The van der Waals surface area contributed by atoms with E-state index in [1.54, 1.807) is 5.57 Å². The molecule has 1 fully saturated rings. The van der Waals surface area contributed by atoms with Crippen molar-refractivity contribution in [3.63, 3.8) is 0 Å². The van der Waals surface area contributed by atoms with Crippen LogP contribution in [0.15, 0.2) is 109 Å². The van der Waals surface area contributed by atoms with Gasteiger partial charge < -0.3 is 19.4 Å². The molecule has 4 nitrogen and oxygen atoms in total. The second kappa shape index (κ2) is 10.5. The van der Waals surface area contributed by atoms with E-state index >= 15 is 0 Å². The van der Waals surface area contributed by atoms with Crippen LogP contribution in [0.25, 0.3) is 44.3 Å². The third-order valence-corrected chi connectivity index (χ3v) is 10.3. The Hall–Kier alpha value is -4.70. The fourth-order valence-corrected chi connectivity index (χ4v) is 8.30. The molecule has 0 amide bonds. The lowest BCUT2D eigenvalue weighted by Crippen LogP contribution is -2.10. The molecule has 0 spiro atoms. The van der Waals surface area contributed by atoms with E-state index in [2.05, 4.69) is 113 Å². The average molecular weight is 577 g/mol. The van der Waals surface area contributed by atoms with Crippen molar-refractivity contribution in [3.8, 4) is 34.0 Å². The quantitative estimate of drug-likeness (QED) is 0.201. The van der Waals surface area contributed by atoms with E-state index in [4.69, 9.17) is 9.47 Å². The van der Waals surface area contributed by atoms with Crippen molar-refractivity contribution < 1.29 is 9.47 Å². The summed E-state index contributed by atoms with van der Waals surface area (Å²) in [7, 11) is 0. The van der Waals surface area contributed by atoms with Crippen LogP contribution in [0, 0.1) is 5.92 Å². The highest BCUT2D eigenvalue weighted by molar-refractivity contribution is 5.96. The third kappa shape index (κ3) is 4.19. The minimum atomic E-state index is 0.206. The Kier molecular flexibility index (Phi) is 6.14. The second-order valence-electron chi connectivity index (χ2n) is 12.8. The molecule has 2 aliphatic carbocycles. The van der Waals surface area contributed by atoms with Gasteiger partial charge in [0.15, 0.2) is 11.5 Å². The van der Waals surface area contributed by atoms with Crippen molar-refractivity contribution in [1.29, 1.82) is 0 Å². The SMILES string of the molecule is C1=C(C2CCCCC2)CC(c2c(-c3ccccc3)[nH]c3ccccc23)C1c1c(-c2ccccc2)[nH]c2cc3c(cc12)OCO3. The molecule has 3 heterocycles. The lowest BCUT2D eigenvalue weighted by Gasteiger charge is -2.25. The van der Waals surface area contributed by atoms with Gasteiger partial charge in [0.05, 0.1) is 16.9 Å². The Bertz CT molecular complexity index is 2010. The number of nitrogens with one attached hydrogen (secondary N) is 2. The van der Waals surface area contributed by atoms with Crippen LogP contribution < -0.4 is 9.47 Å². The molecule has 1 aliphatic heterocycles. The van der Waals surface area contributed by atoms with Gasteiger partial charge in [-0.05, 0) is 59.6 Å². The van der Waals surface area contributed by atoms with E-state index in [0.29, 0.717) is 11.8 Å². The highest BCUT2D eigenvalue weighted by Gasteiger charge is 2.39. The van der Waals surface area contributed by atoms with Crippen LogP contribution in [-0.2, 0) is 0 Å². The van der Waals surface area contributed by atoms with Crippen molar-refractivity contribution >= 4 is 21.8 Å². The average Bonchev–Trinajstić information content (AvgIpc) is 3.88. The molecule has 3 aliphatic rings. The van der Waals surface area contributed by atoms with Gasteiger partial charge in [0.2, 0.25) is 6.79 Å². The summed E-state index contributed by atoms with van der Waals surface area (Å²) in [5.41, 5.74) is 11.7. The van der Waals surface area contributed by atoms with E-state index in [1.807, 2.05) is 0 Å². The topological polar surface area (TPSA) is 50.0 Å². The van der Waals surface area contributed by atoms with E-state index in [1.165, 1.54) is 82.0 Å². The smallest absolute Gasteiger partial charge is 0.231 e. The van der Waals surface area contributed by atoms with Crippen LogP contribution >= 0.6 is 0 Å². The number of benzene rings is 4. The third-order valence-electron chi connectivity index (χ3n) is 10.3. The zero-order chi connectivity index (χ0) is 29.0. The van der Waals surface area contributed by atoms with E-state index in [-0.39, 0.29) is 12.7 Å². The number of rotatable bonds is 5. The van der Waals surface area contributed by atoms with Gasteiger partial charge in [0.1, 0.15) is 0 Å². The number of H-pyrrole nitrogens is 2. The van der Waals surface area contributed by atoms with Crippen LogP contribution in [0.1, 0.15) is 61.5 Å². The lowest BCUT2D eigenvalue weighted by molar-refractivity contribution is 0.174. The van der Waals surface area contributed by atoms with Gasteiger partial charge in [-0.3, -0.25) is 0 Å². The number of aromatic nitrogens is 2. The number of hydrogen-bond acceptors (Lipinski definition) is 2. The fourth-order valence-electron chi connectivity index (χ4n) is 8.30. The zero-order valence-electron chi connectivity index (χ0n) is 24.8. The largest absolute Gasteiger partial charge is 0.454 e. The highest BCUT2D eigenvalue weighted by Crippen LogP contribution is 2.56. The molecular formula is C40H36N2O2. The van der Waals surface area contributed by atoms with Crippen LogP contribution in [0.4, 0.5) is 0 Å². The summed E-state index contributed by atoms with van der Waals surface area (Å²) >= 11 is 0. The summed E-state index contributed by atoms with van der Waals surface area (Å²) < 4.78 is 11.8. The monoisotopic (exact) mass is 576 g/mol. The zero-order valence-corrected chi connectivity index (χ0v) is 24.8. The Morgan fingerprint density at radius 3 is 1.98 bits per heavy atom. The van der Waals surface area contributed by atoms with Crippen molar-refractivity contribution in [2.45, 2.75) is 50.4 Å². The number of allylic oxidation sites excluding steroid dienone is 2. The molecule has 0 radical (unpaired) electrons. The standard InChI is InChI=1S/C40H36N2O2/c1-4-12-25(13-5-1)28-20-30(37-29-18-10-11-19-33(29)41-39(37)26-14-6-2-7-15-26)31(21-28)38-32-22-35-36(44-24-43-35)23-34(32)42-40(38)27-16-8-3-9-17-27/h2-3,6-11,14-19,21-23,25,30-31,41-42H,1,4-5,12-13,20,24H2. The summed E-state index contributed by atoms with van der Waals surface area (Å²) in [4.78, 5) is 7.73. The Morgan fingerprint density at radius 1 is 0.591 bits per heavy atom. The first-order chi connectivity index (χ1) is 21.8. The van der Waals surface area contributed by atoms with Gasteiger partial charge in [0.25, 0.3) is 0 Å². The number of hydrogen-bond donors (Lipinski definition) is 2. The summed E-state index contributed by atoms with van der Waals surface area (Å²) in [5.74, 6) is 2.82. The van der Waals surface area contributed by atoms with E-state index < -0.39 is 0 Å². The minimum Gasteiger partial charge on any atom is -0.454 e. The Balaban J connectivity index is 1.30. The van der Waals surface area contributed by atoms with E-state index in [9.17, 15) is 0 Å². The maximum atomic E-state index is 5.93. The molecule has 1 saturated carbocycles. The number of para-hydroxylation sites is 1. The molecule has 4 heteroatoms. The molecule has 4 aromatic carbocycles. The summed E-state index contributed by atoms with van der Waals surface area (Å²) in [5, 5.41) is 2.56. The predicted octanol–water partition coefficient (Wildman–Crippen LogP) is 10.5. The first kappa shape index (κ1) is 25.8. The summed E-state index contributed by atoms with van der Waals surface area (Å²) in [6.07, 6.45) is 10.4. The summed E-state index contributed by atoms with van der Waals surface area (Å²) in [6.45, 7) is 0.274. The molecule has 9 rings (SSSR count). The lowest BCUT2D eigenvalue weighted by atomic mass is 9.78. The molecule has 44 heavy (non-hydrogen) atoms. The van der Waals surface area contributed by atoms with Crippen LogP contribution in [0.2, 0.25) is 0 Å². The van der Waals surface area contributed by atoms with Crippen molar-refractivity contribution in [1.82, 2.24) is 9.97 Å². The molecule has 2 aromatic heterocycles. The van der Waals surface area contributed by atoms with Gasteiger partial charge in [0, 0.05) is 34.2 Å². The maximum absolute atomic E-state index is 5.93. The van der Waals surface area contributed by atoms with Crippen molar-refractivity contribution in [2.75, 3.05) is 6.79 Å². The normalized spacial score (nSPS) is 20.0. The number of aromatic amines is 2. The Morgan fingerprint density at radius 2 is 1.23 bits per heavy atom. The number of fused-ring (bicyclic) bond motifs is 3. The molecule has 2 unspecified atom stereocenters. The molecule has 6 aromatic rings. The van der Waals surface area contributed by atoms with Crippen LogP contribution in [-0.4, -0.2) is 16.8 Å². The molecule has 0 bridgehead atoms. The molecule has 2 N–H and O–H groups in total. The first-order valence-corrected chi connectivity index (χ1v) is 16.2. The Labute approximate surface area is 257 Å². The van der Waals surface area contributed by atoms with Gasteiger partial charge in [-0.1, -0.05) is 110 Å². The molecule has 2 atom stereocenters. The van der Waals surface area contributed by atoms with Crippen LogP contribution in [0.5, 0.6) is 11.5 Å². The fraction of sp³-hybridized carbons (Fsp3) is 0.250. The maximum Gasteiger partial charge on any atom is 0.231 e. The molecular weight excluding hydrogens is 540 g/mol. The molecule has 218 valence electrons.